The molecule has 0 aliphatic rings. The van der Waals surface area contributed by atoms with Gasteiger partial charge < -0.3 is 0 Å². The zero-order valence-corrected chi connectivity index (χ0v) is 16.8. The molecule has 0 N–H and O–H groups in total. The van der Waals surface area contributed by atoms with Crippen LogP contribution in [0.1, 0.15) is 11.1 Å². The fraction of sp³-hybridized carbons (Fsp3) is 0.0690. The molecule has 1 heterocycles. The predicted octanol–water partition coefficient (Wildman–Crippen LogP) is 7.35. The van der Waals surface area contributed by atoms with Crippen LogP contribution in [0.4, 0.5) is 0 Å². The number of aryl methyl sites for hydroxylation is 2. The smallest absolute Gasteiger partial charge is 0.0712 e. The molecule has 0 saturated carbocycles. The van der Waals surface area contributed by atoms with Crippen molar-refractivity contribution in [3.05, 3.63) is 126 Å². The maximum absolute atomic E-state index is 4.91. The normalized spacial score (nSPS) is 10.9. The van der Waals surface area contributed by atoms with Gasteiger partial charge in [0, 0.05) is 10.9 Å². The Labute approximate surface area is 177 Å². The fourth-order valence-electron chi connectivity index (χ4n) is 3.98. The number of pyridine rings is 1. The van der Waals surface area contributed by atoms with Crippen molar-refractivity contribution in [3.63, 3.8) is 0 Å². The van der Waals surface area contributed by atoms with Crippen LogP contribution in [-0.2, 0) is 12.8 Å². The summed E-state index contributed by atoms with van der Waals surface area (Å²) in [5.74, 6) is 0. The number of hydrogen-bond donors (Lipinski definition) is 0. The molecule has 0 amide bonds. The highest BCUT2D eigenvalue weighted by molar-refractivity contribution is 5.81. The molecule has 0 bridgehead atoms. The first-order chi connectivity index (χ1) is 14.9. The second-order valence-corrected chi connectivity index (χ2v) is 7.61. The molecule has 1 heteroatoms. The maximum Gasteiger partial charge on any atom is 0.0712 e. The molecular weight excluding hydrogens is 362 g/mol. The summed E-state index contributed by atoms with van der Waals surface area (Å²) in [6, 6.07) is 40.7. The molecule has 0 unspecified atom stereocenters. The maximum atomic E-state index is 4.91. The third kappa shape index (κ3) is 3.88. The molecule has 0 aliphatic carbocycles. The average Bonchev–Trinajstić information content (AvgIpc) is 2.83. The molecule has 5 rings (SSSR count). The SMILES string of the molecule is c1ccc(-c2ccc(CCc3ccccc3-c3ccc4ccccc4n3)cc2)cc1. The number of rotatable bonds is 5. The first kappa shape index (κ1) is 18.3. The van der Waals surface area contributed by atoms with Gasteiger partial charge in [-0.3, -0.25) is 0 Å². The van der Waals surface area contributed by atoms with Gasteiger partial charge in [0.1, 0.15) is 0 Å². The Morgan fingerprint density at radius 1 is 0.500 bits per heavy atom. The van der Waals surface area contributed by atoms with Crippen LogP contribution in [0.5, 0.6) is 0 Å². The number of fused-ring (bicyclic) bond motifs is 1. The van der Waals surface area contributed by atoms with Gasteiger partial charge in [0.25, 0.3) is 0 Å². The highest BCUT2D eigenvalue weighted by Gasteiger charge is 2.08. The van der Waals surface area contributed by atoms with Crippen LogP contribution in [0.2, 0.25) is 0 Å². The Hall–Kier alpha value is -3.71. The van der Waals surface area contributed by atoms with Crippen molar-refractivity contribution in [3.8, 4) is 22.4 Å². The van der Waals surface area contributed by atoms with Crippen LogP contribution in [0.3, 0.4) is 0 Å². The molecule has 0 radical (unpaired) electrons. The van der Waals surface area contributed by atoms with E-state index in [0.29, 0.717) is 0 Å². The van der Waals surface area contributed by atoms with Crippen LogP contribution in [0.15, 0.2) is 115 Å². The number of nitrogens with zero attached hydrogens (tertiary/aromatic N) is 1. The van der Waals surface area contributed by atoms with E-state index < -0.39 is 0 Å². The molecule has 5 aromatic rings. The van der Waals surface area contributed by atoms with E-state index in [0.717, 1.165) is 24.1 Å². The van der Waals surface area contributed by atoms with Crippen molar-refractivity contribution >= 4 is 10.9 Å². The Morgan fingerprint density at radius 3 is 2.07 bits per heavy atom. The van der Waals surface area contributed by atoms with Crippen molar-refractivity contribution in [2.75, 3.05) is 0 Å². The third-order valence-corrected chi connectivity index (χ3v) is 5.64. The second-order valence-electron chi connectivity index (χ2n) is 7.61. The first-order valence-electron chi connectivity index (χ1n) is 10.5. The van der Waals surface area contributed by atoms with E-state index >= 15 is 0 Å². The molecule has 0 atom stereocenters. The molecular formula is C29H23N. The van der Waals surface area contributed by atoms with Crippen LogP contribution < -0.4 is 0 Å². The van der Waals surface area contributed by atoms with Gasteiger partial charge in [-0.2, -0.15) is 0 Å². The third-order valence-electron chi connectivity index (χ3n) is 5.64. The summed E-state index contributed by atoms with van der Waals surface area (Å²) < 4.78 is 0. The van der Waals surface area contributed by atoms with Crippen molar-refractivity contribution in [1.82, 2.24) is 4.98 Å². The lowest BCUT2D eigenvalue weighted by Gasteiger charge is -2.11. The van der Waals surface area contributed by atoms with Gasteiger partial charge in [0.2, 0.25) is 0 Å². The van der Waals surface area contributed by atoms with Crippen molar-refractivity contribution < 1.29 is 0 Å². The largest absolute Gasteiger partial charge is 0.248 e. The minimum atomic E-state index is 0.995. The minimum absolute atomic E-state index is 0.995. The van der Waals surface area contributed by atoms with Crippen molar-refractivity contribution in [1.29, 1.82) is 0 Å². The van der Waals surface area contributed by atoms with Gasteiger partial charge in [-0.1, -0.05) is 103 Å². The summed E-state index contributed by atoms with van der Waals surface area (Å²) in [6.07, 6.45) is 2.01. The molecule has 30 heavy (non-hydrogen) atoms. The Bertz CT molecular complexity index is 1270. The number of para-hydroxylation sites is 1. The van der Waals surface area contributed by atoms with Crippen molar-refractivity contribution in [2.45, 2.75) is 12.8 Å². The van der Waals surface area contributed by atoms with E-state index in [1.54, 1.807) is 0 Å². The number of benzene rings is 4. The lowest BCUT2D eigenvalue weighted by molar-refractivity contribution is 0.961. The first-order valence-corrected chi connectivity index (χ1v) is 10.5. The minimum Gasteiger partial charge on any atom is -0.248 e. The summed E-state index contributed by atoms with van der Waals surface area (Å²) >= 11 is 0. The van der Waals surface area contributed by atoms with E-state index in [9.17, 15) is 0 Å². The standard InChI is InChI=1S/C29H23N/c1-2-8-23(9-3-1)24-17-14-22(15-18-24)16-19-25-10-4-6-12-27(25)29-21-20-26-11-5-7-13-28(26)30-29/h1-15,17-18,20-21H,16,19H2. The van der Waals surface area contributed by atoms with Crippen LogP contribution in [0, 0.1) is 0 Å². The fourth-order valence-corrected chi connectivity index (χ4v) is 3.98. The van der Waals surface area contributed by atoms with E-state index in [4.69, 9.17) is 4.98 Å². The second kappa shape index (κ2) is 8.34. The van der Waals surface area contributed by atoms with E-state index in [-0.39, 0.29) is 0 Å². The van der Waals surface area contributed by atoms with Crippen LogP contribution in [-0.4, -0.2) is 4.98 Å². The Kier molecular flexibility index (Phi) is 5.10. The van der Waals surface area contributed by atoms with E-state index in [2.05, 4.69) is 109 Å². The predicted molar refractivity (Wildman–Crippen MR) is 126 cm³/mol. The molecule has 0 fully saturated rings. The average molecular weight is 386 g/mol. The van der Waals surface area contributed by atoms with Gasteiger partial charge in [-0.05, 0) is 47.2 Å². The summed E-state index contributed by atoms with van der Waals surface area (Å²) in [4.78, 5) is 4.91. The molecule has 0 aliphatic heterocycles. The number of hydrogen-bond acceptors (Lipinski definition) is 1. The van der Waals surface area contributed by atoms with Gasteiger partial charge in [0.15, 0.2) is 0 Å². The van der Waals surface area contributed by atoms with Crippen LogP contribution in [0.25, 0.3) is 33.3 Å². The summed E-state index contributed by atoms with van der Waals surface area (Å²) in [6.45, 7) is 0. The lowest BCUT2D eigenvalue weighted by Crippen LogP contribution is -1.96. The molecule has 1 aromatic heterocycles. The summed E-state index contributed by atoms with van der Waals surface area (Å²) in [5.41, 5.74) is 8.54. The zero-order valence-electron chi connectivity index (χ0n) is 16.8. The number of aromatic nitrogens is 1. The quantitative estimate of drug-likeness (QED) is 0.308. The zero-order chi connectivity index (χ0) is 20.2. The van der Waals surface area contributed by atoms with Gasteiger partial charge in [-0.15, -0.1) is 0 Å². The van der Waals surface area contributed by atoms with Crippen molar-refractivity contribution in [2.24, 2.45) is 0 Å². The molecule has 4 aromatic carbocycles. The summed E-state index contributed by atoms with van der Waals surface area (Å²) in [7, 11) is 0. The Morgan fingerprint density at radius 2 is 1.20 bits per heavy atom. The topological polar surface area (TPSA) is 12.9 Å². The summed E-state index contributed by atoms with van der Waals surface area (Å²) in [5, 5.41) is 1.18. The molecule has 144 valence electrons. The van der Waals surface area contributed by atoms with E-state index in [1.807, 2.05) is 6.07 Å². The highest BCUT2D eigenvalue weighted by atomic mass is 14.7. The molecule has 0 spiro atoms. The molecule has 1 nitrogen and oxygen atoms in total. The Balaban J connectivity index is 1.37. The monoisotopic (exact) mass is 385 g/mol. The lowest BCUT2D eigenvalue weighted by atomic mass is 9.96. The van der Waals surface area contributed by atoms with Gasteiger partial charge >= 0.3 is 0 Å². The highest BCUT2D eigenvalue weighted by Crippen LogP contribution is 2.26. The van der Waals surface area contributed by atoms with Gasteiger partial charge in [-0.25, -0.2) is 4.98 Å². The van der Waals surface area contributed by atoms with Gasteiger partial charge in [0.05, 0.1) is 11.2 Å². The van der Waals surface area contributed by atoms with Crippen LogP contribution >= 0.6 is 0 Å². The molecule has 0 saturated heterocycles. The van der Waals surface area contributed by atoms with E-state index in [1.165, 1.54) is 33.2 Å².